The molecule has 1 aliphatic heterocycles. The van der Waals surface area contributed by atoms with Crippen molar-refractivity contribution in [3.05, 3.63) is 42.1 Å². The van der Waals surface area contributed by atoms with Gasteiger partial charge in [0.25, 0.3) is 0 Å². The molecule has 3 rings (SSSR count). The first-order valence-corrected chi connectivity index (χ1v) is 9.92. The molecule has 0 aliphatic carbocycles. The molecule has 2 aromatic rings. The minimum absolute atomic E-state index is 0.154. The summed E-state index contributed by atoms with van der Waals surface area (Å²) in [5.41, 5.74) is 1.08. The van der Waals surface area contributed by atoms with Crippen LogP contribution in [0.3, 0.4) is 0 Å². The molecule has 0 bridgehead atoms. The average Bonchev–Trinajstić information content (AvgIpc) is 3.22. The van der Waals surface area contributed by atoms with Crippen LogP contribution in [0.25, 0.3) is 0 Å². The number of anilines is 2. The van der Waals surface area contributed by atoms with Gasteiger partial charge < -0.3 is 15.0 Å². The van der Waals surface area contributed by atoms with Crippen molar-refractivity contribution in [2.45, 2.75) is 24.9 Å². The summed E-state index contributed by atoms with van der Waals surface area (Å²) < 4.78 is 4.94. The van der Waals surface area contributed by atoms with Gasteiger partial charge in [0.1, 0.15) is 5.82 Å². The highest BCUT2D eigenvalue weighted by Gasteiger charge is 2.14. The van der Waals surface area contributed by atoms with E-state index in [1.165, 1.54) is 24.6 Å². The van der Waals surface area contributed by atoms with Crippen molar-refractivity contribution in [2.75, 3.05) is 35.7 Å². The SMILES string of the molecule is CCOC(=O)c1ccc(NC(=O)CSc2nccc(N3CCCC3)n2)cc1. The van der Waals surface area contributed by atoms with Gasteiger partial charge in [-0.15, -0.1) is 0 Å². The molecule has 27 heavy (non-hydrogen) atoms. The van der Waals surface area contributed by atoms with Gasteiger partial charge in [-0.1, -0.05) is 11.8 Å². The molecule has 0 atom stereocenters. The maximum absolute atomic E-state index is 12.2. The van der Waals surface area contributed by atoms with Crippen LogP contribution in [0.2, 0.25) is 0 Å². The largest absolute Gasteiger partial charge is 0.462 e. The predicted octanol–water partition coefficient (Wildman–Crippen LogP) is 2.98. The van der Waals surface area contributed by atoms with E-state index in [1.54, 1.807) is 37.4 Å². The summed E-state index contributed by atoms with van der Waals surface area (Å²) in [5.74, 6) is 0.600. The second-order valence-corrected chi connectivity index (χ2v) is 6.97. The zero-order valence-corrected chi connectivity index (χ0v) is 16.0. The van der Waals surface area contributed by atoms with E-state index in [4.69, 9.17) is 4.74 Å². The molecule has 1 aromatic heterocycles. The second-order valence-electron chi connectivity index (χ2n) is 6.03. The number of amides is 1. The Bertz CT molecular complexity index is 792. The average molecular weight is 386 g/mol. The van der Waals surface area contributed by atoms with Crippen molar-refractivity contribution in [1.82, 2.24) is 9.97 Å². The number of hydrogen-bond donors (Lipinski definition) is 1. The van der Waals surface area contributed by atoms with Crippen LogP contribution in [0.5, 0.6) is 0 Å². The Kier molecular flexibility index (Phi) is 6.64. The summed E-state index contributed by atoms with van der Waals surface area (Å²) >= 11 is 1.30. The Morgan fingerprint density at radius 3 is 2.63 bits per heavy atom. The monoisotopic (exact) mass is 386 g/mol. The molecule has 142 valence electrons. The smallest absolute Gasteiger partial charge is 0.338 e. The number of benzene rings is 1. The van der Waals surface area contributed by atoms with Crippen LogP contribution in [0, 0.1) is 0 Å². The number of carbonyl (C=O) groups is 2. The van der Waals surface area contributed by atoms with Crippen molar-refractivity contribution in [1.29, 1.82) is 0 Å². The summed E-state index contributed by atoms with van der Waals surface area (Å²) in [4.78, 5) is 34.8. The van der Waals surface area contributed by atoms with Crippen LogP contribution in [-0.4, -0.2) is 47.3 Å². The Morgan fingerprint density at radius 1 is 1.19 bits per heavy atom. The fourth-order valence-electron chi connectivity index (χ4n) is 2.75. The molecule has 0 unspecified atom stereocenters. The highest BCUT2D eigenvalue weighted by Crippen LogP contribution is 2.21. The number of nitrogens with zero attached hydrogens (tertiary/aromatic N) is 3. The van der Waals surface area contributed by atoms with Gasteiger partial charge in [0, 0.05) is 25.0 Å². The van der Waals surface area contributed by atoms with Crippen LogP contribution >= 0.6 is 11.8 Å². The summed E-state index contributed by atoms with van der Waals surface area (Å²) in [6.45, 7) is 4.12. The summed E-state index contributed by atoms with van der Waals surface area (Å²) in [5, 5.41) is 3.39. The molecule has 0 saturated carbocycles. The van der Waals surface area contributed by atoms with Crippen LogP contribution in [0.15, 0.2) is 41.7 Å². The van der Waals surface area contributed by atoms with E-state index in [1.807, 2.05) is 6.07 Å². The zero-order valence-electron chi connectivity index (χ0n) is 15.2. The van der Waals surface area contributed by atoms with Crippen molar-refractivity contribution in [3.8, 4) is 0 Å². The molecule has 1 amide bonds. The number of esters is 1. The van der Waals surface area contributed by atoms with E-state index in [0.717, 1.165) is 18.9 Å². The van der Waals surface area contributed by atoms with Crippen LogP contribution < -0.4 is 10.2 Å². The summed E-state index contributed by atoms with van der Waals surface area (Å²) in [6, 6.07) is 8.52. The van der Waals surface area contributed by atoms with E-state index in [2.05, 4.69) is 20.2 Å². The van der Waals surface area contributed by atoms with Crippen molar-refractivity contribution in [3.63, 3.8) is 0 Å². The summed E-state index contributed by atoms with van der Waals surface area (Å²) in [7, 11) is 0. The Labute approximate surface area is 162 Å². The normalized spacial score (nSPS) is 13.4. The first-order valence-electron chi connectivity index (χ1n) is 8.93. The van der Waals surface area contributed by atoms with Crippen LogP contribution in [0.4, 0.5) is 11.5 Å². The lowest BCUT2D eigenvalue weighted by atomic mass is 10.2. The van der Waals surface area contributed by atoms with Gasteiger partial charge in [0.15, 0.2) is 5.16 Å². The van der Waals surface area contributed by atoms with Crippen LogP contribution in [-0.2, 0) is 9.53 Å². The van der Waals surface area contributed by atoms with Gasteiger partial charge in [-0.25, -0.2) is 14.8 Å². The lowest BCUT2D eigenvalue weighted by molar-refractivity contribution is -0.113. The standard InChI is InChI=1S/C19H22N4O3S/c1-2-26-18(25)14-5-7-15(8-6-14)21-17(24)13-27-19-20-10-9-16(22-19)23-11-3-4-12-23/h5-10H,2-4,11-13H2,1H3,(H,21,24). The van der Waals surface area contributed by atoms with Gasteiger partial charge in [0.05, 0.1) is 17.9 Å². The maximum Gasteiger partial charge on any atom is 0.338 e. The maximum atomic E-state index is 12.2. The molecule has 1 aliphatic rings. The molecule has 1 aromatic carbocycles. The fraction of sp³-hybridized carbons (Fsp3) is 0.368. The third-order valence-electron chi connectivity index (χ3n) is 4.06. The van der Waals surface area contributed by atoms with E-state index in [0.29, 0.717) is 23.0 Å². The van der Waals surface area contributed by atoms with Crippen LogP contribution in [0.1, 0.15) is 30.1 Å². The van der Waals surface area contributed by atoms with Gasteiger partial charge in [-0.3, -0.25) is 4.79 Å². The van der Waals surface area contributed by atoms with Crippen molar-refractivity contribution >= 4 is 35.1 Å². The molecule has 1 N–H and O–H groups in total. The number of aromatic nitrogens is 2. The predicted molar refractivity (Wildman–Crippen MR) is 105 cm³/mol. The van der Waals surface area contributed by atoms with Crippen molar-refractivity contribution < 1.29 is 14.3 Å². The highest BCUT2D eigenvalue weighted by atomic mass is 32.2. The van der Waals surface area contributed by atoms with E-state index < -0.39 is 0 Å². The van der Waals surface area contributed by atoms with Crippen molar-refractivity contribution in [2.24, 2.45) is 0 Å². The molecule has 1 fully saturated rings. The third kappa shape index (κ3) is 5.43. The zero-order chi connectivity index (χ0) is 19.1. The van der Waals surface area contributed by atoms with Gasteiger partial charge in [-0.2, -0.15) is 0 Å². The number of nitrogens with one attached hydrogen (secondary N) is 1. The van der Waals surface area contributed by atoms with E-state index >= 15 is 0 Å². The minimum Gasteiger partial charge on any atom is -0.462 e. The number of carbonyl (C=O) groups excluding carboxylic acids is 2. The quantitative estimate of drug-likeness (QED) is 0.445. The first-order chi connectivity index (χ1) is 13.2. The summed E-state index contributed by atoms with van der Waals surface area (Å²) in [6.07, 6.45) is 4.10. The van der Waals surface area contributed by atoms with E-state index in [9.17, 15) is 9.59 Å². The first kappa shape index (κ1) is 19.2. The second kappa shape index (κ2) is 9.36. The van der Waals surface area contributed by atoms with Gasteiger partial charge >= 0.3 is 5.97 Å². The molecular weight excluding hydrogens is 364 g/mol. The number of ether oxygens (including phenoxy) is 1. The number of hydrogen-bond acceptors (Lipinski definition) is 7. The van der Waals surface area contributed by atoms with E-state index in [-0.39, 0.29) is 17.6 Å². The number of thioether (sulfide) groups is 1. The molecule has 8 heteroatoms. The molecule has 2 heterocycles. The lowest BCUT2D eigenvalue weighted by Crippen LogP contribution is -2.19. The molecule has 7 nitrogen and oxygen atoms in total. The number of rotatable bonds is 7. The third-order valence-corrected chi connectivity index (χ3v) is 4.92. The van der Waals surface area contributed by atoms with Gasteiger partial charge in [0.2, 0.25) is 5.91 Å². The molecular formula is C19H22N4O3S. The fourth-order valence-corrected chi connectivity index (χ4v) is 3.38. The Morgan fingerprint density at radius 2 is 1.93 bits per heavy atom. The molecule has 0 spiro atoms. The Hall–Kier alpha value is -2.61. The molecule has 1 saturated heterocycles. The van der Waals surface area contributed by atoms with Gasteiger partial charge in [-0.05, 0) is 50.1 Å². The minimum atomic E-state index is -0.374. The topological polar surface area (TPSA) is 84.4 Å². The lowest BCUT2D eigenvalue weighted by Gasteiger charge is -2.16. The highest BCUT2D eigenvalue weighted by molar-refractivity contribution is 7.99. The molecule has 0 radical (unpaired) electrons. The Balaban J connectivity index is 1.51.